The minimum absolute atomic E-state index is 0.0248. The number of hydrogen-bond acceptors (Lipinski definition) is 4. The van der Waals surface area contributed by atoms with Crippen molar-refractivity contribution in [1.82, 2.24) is 19.5 Å². The largest absolute Gasteiger partial charge is 0.337 e. The smallest absolute Gasteiger partial charge is 0.259 e. The topological polar surface area (TPSA) is 76.5 Å². The lowest BCUT2D eigenvalue weighted by Gasteiger charge is -2.30. The second-order valence-corrected chi connectivity index (χ2v) is 5.05. The van der Waals surface area contributed by atoms with Gasteiger partial charge in [-0.25, -0.2) is 9.50 Å². The van der Waals surface area contributed by atoms with E-state index in [1.165, 1.54) is 0 Å². The Morgan fingerprint density at radius 1 is 1.53 bits per heavy atom. The SMILES string of the molecule is Cc1ccn2ncc(C(=O)N3CCCC(N)C3)c2n1. The summed E-state index contributed by atoms with van der Waals surface area (Å²) in [6.07, 6.45) is 5.34. The third-order valence-corrected chi connectivity index (χ3v) is 3.48. The van der Waals surface area contributed by atoms with E-state index in [1.54, 1.807) is 15.6 Å². The summed E-state index contributed by atoms with van der Waals surface area (Å²) in [6.45, 7) is 3.27. The lowest BCUT2D eigenvalue weighted by molar-refractivity contribution is 0.0710. The molecule has 3 heterocycles. The Hall–Kier alpha value is -1.95. The molecule has 0 aliphatic carbocycles. The van der Waals surface area contributed by atoms with E-state index >= 15 is 0 Å². The van der Waals surface area contributed by atoms with Gasteiger partial charge >= 0.3 is 0 Å². The quantitative estimate of drug-likeness (QED) is 0.813. The minimum atomic E-state index is -0.0248. The maximum atomic E-state index is 12.5. The second kappa shape index (κ2) is 4.62. The fourth-order valence-corrected chi connectivity index (χ4v) is 2.47. The molecule has 3 rings (SSSR count). The van der Waals surface area contributed by atoms with E-state index in [9.17, 15) is 4.79 Å². The molecule has 1 saturated heterocycles. The molecule has 0 spiro atoms. The fraction of sp³-hybridized carbons (Fsp3) is 0.462. The van der Waals surface area contributed by atoms with Crippen molar-refractivity contribution >= 4 is 11.6 Å². The van der Waals surface area contributed by atoms with Gasteiger partial charge in [0.1, 0.15) is 5.56 Å². The maximum Gasteiger partial charge on any atom is 0.259 e. The number of likely N-dealkylation sites (tertiary alicyclic amines) is 1. The summed E-state index contributed by atoms with van der Waals surface area (Å²) < 4.78 is 1.63. The van der Waals surface area contributed by atoms with Gasteiger partial charge < -0.3 is 10.6 Å². The van der Waals surface area contributed by atoms with Crippen molar-refractivity contribution in [2.45, 2.75) is 25.8 Å². The normalized spacial score (nSPS) is 19.9. The van der Waals surface area contributed by atoms with Gasteiger partial charge in [-0.15, -0.1) is 0 Å². The zero-order chi connectivity index (χ0) is 13.4. The first-order valence-corrected chi connectivity index (χ1v) is 6.51. The van der Waals surface area contributed by atoms with Crippen LogP contribution in [-0.2, 0) is 0 Å². The van der Waals surface area contributed by atoms with E-state index in [0.29, 0.717) is 17.8 Å². The van der Waals surface area contributed by atoms with Crippen LogP contribution in [0.2, 0.25) is 0 Å². The lowest BCUT2D eigenvalue weighted by atomic mass is 10.1. The predicted octanol–water partition coefficient (Wildman–Crippen LogP) is 0.601. The number of fused-ring (bicyclic) bond motifs is 1. The van der Waals surface area contributed by atoms with Gasteiger partial charge in [-0.2, -0.15) is 5.10 Å². The molecule has 1 unspecified atom stereocenters. The molecule has 0 saturated carbocycles. The highest BCUT2D eigenvalue weighted by atomic mass is 16.2. The number of aromatic nitrogens is 3. The van der Waals surface area contributed by atoms with Crippen LogP contribution in [0.3, 0.4) is 0 Å². The van der Waals surface area contributed by atoms with Crippen molar-refractivity contribution in [3.8, 4) is 0 Å². The zero-order valence-corrected chi connectivity index (χ0v) is 10.9. The third-order valence-electron chi connectivity index (χ3n) is 3.48. The average Bonchev–Trinajstić information content (AvgIpc) is 2.80. The molecule has 1 atom stereocenters. The summed E-state index contributed by atoms with van der Waals surface area (Å²) in [6, 6.07) is 1.94. The van der Waals surface area contributed by atoms with Crippen molar-refractivity contribution in [2.75, 3.05) is 13.1 Å². The van der Waals surface area contributed by atoms with Gasteiger partial charge in [0.05, 0.1) is 6.20 Å². The molecular formula is C13H17N5O. The summed E-state index contributed by atoms with van der Waals surface area (Å²) in [7, 11) is 0. The molecule has 0 aromatic carbocycles. The molecule has 6 nitrogen and oxygen atoms in total. The number of carbonyl (C=O) groups is 1. The van der Waals surface area contributed by atoms with Gasteiger partial charge in [-0.3, -0.25) is 4.79 Å². The predicted molar refractivity (Wildman–Crippen MR) is 70.8 cm³/mol. The van der Waals surface area contributed by atoms with Gasteiger partial charge in [-0.05, 0) is 25.8 Å². The van der Waals surface area contributed by atoms with E-state index in [1.807, 2.05) is 19.2 Å². The minimum Gasteiger partial charge on any atom is -0.337 e. The number of carbonyl (C=O) groups excluding carboxylic acids is 1. The van der Waals surface area contributed by atoms with E-state index in [4.69, 9.17) is 5.73 Å². The van der Waals surface area contributed by atoms with Crippen LogP contribution in [0, 0.1) is 6.92 Å². The lowest BCUT2D eigenvalue weighted by Crippen LogP contribution is -2.45. The molecule has 6 heteroatoms. The van der Waals surface area contributed by atoms with Crippen LogP contribution in [0.25, 0.3) is 5.65 Å². The summed E-state index contributed by atoms with van der Waals surface area (Å²) >= 11 is 0. The summed E-state index contributed by atoms with van der Waals surface area (Å²) in [5, 5.41) is 4.17. The summed E-state index contributed by atoms with van der Waals surface area (Å²) in [5.74, 6) is -0.0248. The molecule has 0 radical (unpaired) electrons. The Morgan fingerprint density at radius 3 is 3.16 bits per heavy atom. The Labute approximate surface area is 111 Å². The molecule has 19 heavy (non-hydrogen) atoms. The van der Waals surface area contributed by atoms with E-state index in [-0.39, 0.29) is 11.9 Å². The Bertz CT molecular complexity index is 621. The highest BCUT2D eigenvalue weighted by Crippen LogP contribution is 2.15. The van der Waals surface area contributed by atoms with Crippen molar-refractivity contribution in [3.63, 3.8) is 0 Å². The van der Waals surface area contributed by atoms with Gasteiger partial charge in [0.25, 0.3) is 5.91 Å². The molecule has 1 aliphatic heterocycles. The van der Waals surface area contributed by atoms with Gasteiger partial charge in [0.15, 0.2) is 5.65 Å². The Balaban J connectivity index is 1.95. The van der Waals surface area contributed by atoms with Crippen LogP contribution >= 0.6 is 0 Å². The number of amides is 1. The van der Waals surface area contributed by atoms with Crippen molar-refractivity contribution in [1.29, 1.82) is 0 Å². The van der Waals surface area contributed by atoms with Crippen molar-refractivity contribution in [3.05, 3.63) is 29.7 Å². The first-order valence-electron chi connectivity index (χ1n) is 6.51. The molecular weight excluding hydrogens is 242 g/mol. The van der Waals surface area contributed by atoms with Crippen molar-refractivity contribution in [2.24, 2.45) is 5.73 Å². The second-order valence-electron chi connectivity index (χ2n) is 5.05. The molecule has 1 fully saturated rings. The summed E-state index contributed by atoms with van der Waals surface area (Å²) in [5.41, 5.74) is 7.96. The highest BCUT2D eigenvalue weighted by Gasteiger charge is 2.25. The van der Waals surface area contributed by atoms with Crippen LogP contribution in [0.1, 0.15) is 28.9 Å². The summed E-state index contributed by atoms with van der Waals surface area (Å²) in [4.78, 5) is 18.7. The number of hydrogen-bond donors (Lipinski definition) is 1. The third kappa shape index (κ3) is 2.19. The van der Waals surface area contributed by atoms with E-state index in [0.717, 1.165) is 25.1 Å². The number of rotatable bonds is 1. The monoisotopic (exact) mass is 259 g/mol. The first-order chi connectivity index (χ1) is 9.15. The van der Waals surface area contributed by atoms with Crippen LogP contribution in [0.15, 0.2) is 18.5 Å². The zero-order valence-electron chi connectivity index (χ0n) is 10.9. The highest BCUT2D eigenvalue weighted by molar-refractivity contribution is 5.99. The van der Waals surface area contributed by atoms with Crippen LogP contribution < -0.4 is 5.73 Å². The van der Waals surface area contributed by atoms with E-state index in [2.05, 4.69) is 10.1 Å². The molecule has 2 aromatic rings. The number of piperidine rings is 1. The molecule has 1 amide bonds. The van der Waals surface area contributed by atoms with Crippen molar-refractivity contribution < 1.29 is 4.79 Å². The molecule has 0 bridgehead atoms. The molecule has 2 N–H and O–H groups in total. The fourth-order valence-electron chi connectivity index (χ4n) is 2.47. The average molecular weight is 259 g/mol. The van der Waals surface area contributed by atoms with Crippen LogP contribution in [0.4, 0.5) is 0 Å². The number of nitrogens with two attached hydrogens (primary N) is 1. The van der Waals surface area contributed by atoms with Crippen LogP contribution in [-0.4, -0.2) is 44.5 Å². The van der Waals surface area contributed by atoms with Crippen LogP contribution in [0.5, 0.6) is 0 Å². The standard InChI is InChI=1S/C13H17N5O/c1-9-4-6-18-12(16-9)11(7-15-18)13(19)17-5-2-3-10(14)8-17/h4,6-7,10H,2-3,5,8,14H2,1H3. The Kier molecular flexibility index (Phi) is 2.94. The van der Waals surface area contributed by atoms with Gasteiger partial charge in [0.2, 0.25) is 0 Å². The maximum absolute atomic E-state index is 12.5. The van der Waals surface area contributed by atoms with Gasteiger partial charge in [-0.1, -0.05) is 0 Å². The first kappa shape index (κ1) is 12.1. The molecule has 2 aromatic heterocycles. The molecule has 1 aliphatic rings. The molecule has 100 valence electrons. The van der Waals surface area contributed by atoms with E-state index < -0.39 is 0 Å². The number of aryl methyl sites for hydroxylation is 1. The number of nitrogens with zero attached hydrogens (tertiary/aromatic N) is 4. The van der Waals surface area contributed by atoms with Gasteiger partial charge in [0, 0.05) is 31.0 Å². The Morgan fingerprint density at radius 2 is 2.37 bits per heavy atom.